The van der Waals surface area contributed by atoms with Crippen molar-refractivity contribution in [2.45, 2.75) is 58.4 Å². The van der Waals surface area contributed by atoms with E-state index in [1.807, 2.05) is 4.90 Å². The average Bonchev–Trinajstić information content (AvgIpc) is 2.55. The van der Waals surface area contributed by atoms with Gasteiger partial charge in [0.25, 0.3) is 5.91 Å². The molecule has 0 aliphatic carbocycles. The smallest absolute Gasteiger partial charge is 0.303 e. The molecule has 0 aliphatic heterocycles. The zero-order valence-corrected chi connectivity index (χ0v) is 14.9. The number of carboxylic acids is 1. The van der Waals surface area contributed by atoms with E-state index in [0.717, 1.165) is 19.3 Å². The van der Waals surface area contributed by atoms with E-state index in [1.54, 1.807) is 24.3 Å². The fourth-order valence-corrected chi connectivity index (χ4v) is 3.14. The first-order valence-corrected chi connectivity index (χ1v) is 8.57. The summed E-state index contributed by atoms with van der Waals surface area (Å²) in [5, 5.41) is 9.46. The number of halogens is 1. The van der Waals surface area contributed by atoms with Crippen LogP contribution >= 0.6 is 11.6 Å². The van der Waals surface area contributed by atoms with Gasteiger partial charge < -0.3 is 10.0 Å². The van der Waals surface area contributed by atoms with Crippen molar-refractivity contribution in [3.05, 3.63) is 34.9 Å². The van der Waals surface area contributed by atoms with E-state index < -0.39 is 5.97 Å². The summed E-state index contributed by atoms with van der Waals surface area (Å²) in [6.45, 7) is 6.67. The third kappa shape index (κ3) is 4.96. The second-order valence-corrected chi connectivity index (χ2v) is 6.18. The SMILES string of the molecule is CCC(CC)(CC)N(CCCC(=O)O)C(=O)c1ccc(Cl)cc1. The molecule has 0 bridgehead atoms. The van der Waals surface area contributed by atoms with Crippen LogP contribution in [0.25, 0.3) is 0 Å². The van der Waals surface area contributed by atoms with Gasteiger partial charge in [0.05, 0.1) is 0 Å². The van der Waals surface area contributed by atoms with Crippen LogP contribution in [-0.4, -0.2) is 34.0 Å². The van der Waals surface area contributed by atoms with Crippen molar-refractivity contribution >= 4 is 23.5 Å². The molecule has 0 saturated carbocycles. The van der Waals surface area contributed by atoms with Crippen LogP contribution < -0.4 is 0 Å². The lowest BCUT2D eigenvalue weighted by Crippen LogP contribution is -2.51. The van der Waals surface area contributed by atoms with E-state index >= 15 is 0 Å². The molecule has 23 heavy (non-hydrogen) atoms. The highest BCUT2D eigenvalue weighted by atomic mass is 35.5. The summed E-state index contributed by atoms with van der Waals surface area (Å²) in [4.78, 5) is 25.6. The topological polar surface area (TPSA) is 57.6 Å². The normalized spacial score (nSPS) is 11.3. The van der Waals surface area contributed by atoms with Gasteiger partial charge in [-0.25, -0.2) is 0 Å². The van der Waals surface area contributed by atoms with Crippen LogP contribution in [0.15, 0.2) is 24.3 Å². The van der Waals surface area contributed by atoms with E-state index in [4.69, 9.17) is 16.7 Å². The van der Waals surface area contributed by atoms with Crippen LogP contribution in [0.3, 0.4) is 0 Å². The molecule has 5 heteroatoms. The predicted octanol–water partition coefficient (Wildman–Crippen LogP) is 4.62. The van der Waals surface area contributed by atoms with Crippen LogP contribution in [0.1, 0.15) is 63.2 Å². The second-order valence-electron chi connectivity index (χ2n) is 5.75. The summed E-state index contributed by atoms with van der Waals surface area (Å²) in [5.41, 5.74) is 0.347. The average molecular weight is 340 g/mol. The van der Waals surface area contributed by atoms with Crippen molar-refractivity contribution in [2.24, 2.45) is 0 Å². The van der Waals surface area contributed by atoms with E-state index in [0.29, 0.717) is 23.6 Å². The van der Waals surface area contributed by atoms with Crippen molar-refractivity contribution in [1.29, 1.82) is 0 Å². The first kappa shape index (κ1) is 19.5. The third-order valence-corrected chi connectivity index (χ3v) is 4.91. The zero-order chi connectivity index (χ0) is 17.5. The van der Waals surface area contributed by atoms with Gasteiger partial charge in [-0.05, 0) is 49.9 Å². The van der Waals surface area contributed by atoms with Crippen molar-refractivity contribution < 1.29 is 14.7 Å². The molecule has 1 aromatic carbocycles. The summed E-state index contributed by atoms with van der Waals surface area (Å²) in [5.74, 6) is -0.892. The van der Waals surface area contributed by atoms with E-state index in [1.165, 1.54) is 0 Å². The Hall–Kier alpha value is -1.55. The van der Waals surface area contributed by atoms with E-state index in [-0.39, 0.29) is 17.9 Å². The number of hydrogen-bond donors (Lipinski definition) is 1. The Balaban J connectivity index is 3.08. The lowest BCUT2D eigenvalue weighted by Gasteiger charge is -2.43. The standard InChI is InChI=1S/C18H26ClNO3/c1-4-18(5-2,6-3)20(13-7-8-16(21)22)17(23)14-9-11-15(19)12-10-14/h9-12H,4-8,13H2,1-3H3,(H,21,22). The third-order valence-electron chi connectivity index (χ3n) is 4.66. The zero-order valence-electron chi connectivity index (χ0n) is 14.1. The quantitative estimate of drug-likeness (QED) is 0.714. The molecule has 0 unspecified atom stereocenters. The molecule has 0 heterocycles. The number of carboxylic acid groups (broad SMARTS) is 1. The lowest BCUT2D eigenvalue weighted by atomic mass is 9.86. The minimum atomic E-state index is -0.834. The molecule has 0 fully saturated rings. The highest BCUT2D eigenvalue weighted by Gasteiger charge is 2.35. The van der Waals surface area contributed by atoms with E-state index in [9.17, 15) is 9.59 Å². The molecule has 0 radical (unpaired) electrons. The molecular weight excluding hydrogens is 314 g/mol. The first-order valence-electron chi connectivity index (χ1n) is 8.19. The van der Waals surface area contributed by atoms with Crippen molar-refractivity contribution in [3.8, 4) is 0 Å². The van der Waals surface area contributed by atoms with Gasteiger partial charge in [-0.1, -0.05) is 32.4 Å². The Kier molecular flexibility index (Phi) is 7.56. The maximum Gasteiger partial charge on any atom is 0.303 e. The number of aliphatic carboxylic acids is 1. The Morgan fingerprint density at radius 1 is 1.09 bits per heavy atom. The number of rotatable bonds is 9. The number of carbonyl (C=O) groups is 2. The summed E-state index contributed by atoms with van der Waals surface area (Å²) >= 11 is 5.90. The van der Waals surface area contributed by atoms with Gasteiger partial charge in [0.1, 0.15) is 0 Å². The molecule has 4 nitrogen and oxygen atoms in total. The molecule has 1 aromatic rings. The number of carbonyl (C=O) groups excluding carboxylic acids is 1. The van der Waals surface area contributed by atoms with Gasteiger partial charge in [0.15, 0.2) is 0 Å². The maximum atomic E-state index is 13.0. The molecule has 0 aromatic heterocycles. The molecule has 1 N–H and O–H groups in total. The molecule has 1 rings (SSSR count). The summed E-state index contributed by atoms with van der Waals surface area (Å²) in [6, 6.07) is 6.85. The van der Waals surface area contributed by atoms with Crippen LogP contribution in [0.2, 0.25) is 5.02 Å². The highest BCUT2D eigenvalue weighted by molar-refractivity contribution is 6.30. The van der Waals surface area contributed by atoms with Crippen molar-refractivity contribution in [2.75, 3.05) is 6.54 Å². The van der Waals surface area contributed by atoms with Crippen LogP contribution in [0, 0.1) is 0 Å². The number of amides is 1. The minimum absolute atomic E-state index is 0.0578. The van der Waals surface area contributed by atoms with Gasteiger partial charge in [-0.2, -0.15) is 0 Å². The monoisotopic (exact) mass is 339 g/mol. The number of benzene rings is 1. The summed E-state index contributed by atoms with van der Waals surface area (Å²) in [7, 11) is 0. The van der Waals surface area contributed by atoms with Gasteiger partial charge in [0.2, 0.25) is 0 Å². The largest absolute Gasteiger partial charge is 0.481 e. The first-order chi connectivity index (χ1) is 10.9. The molecule has 0 atom stereocenters. The van der Waals surface area contributed by atoms with Crippen molar-refractivity contribution in [3.63, 3.8) is 0 Å². The Labute approximate surface area is 143 Å². The van der Waals surface area contributed by atoms with Gasteiger partial charge in [-0.15, -0.1) is 0 Å². The summed E-state index contributed by atoms with van der Waals surface area (Å²) in [6.07, 6.45) is 3.04. The summed E-state index contributed by atoms with van der Waals surface area (Å²) < 4.78 is 0. The Morgan fingerprint density at radius 3 is 2.04 bits per heavy atom. The van der Waals surface area contributed by atoms with Crippen LogP contribution in [0.5, 0.6) is 0 Å². The van der Waals surface area contributed by atoms with Crippen molar-refractivity contribution in [1.82, 2.24) is 4.90 Å². The van der Waals surface area contributed by atoms with Crippen LogP contribution in [-0.2, 0) is 4.79 Å². The fourth-order valence-electron chi connectivity index (χ4n) is 3.01. The highest BCUT2D eigenvalue weighted by Crippen LogP contribution is 2.30. The molecule has 1 amide bonds. The molecule has 128 valence electrons. The van der Waals surface area contributed by atoms with Gasteiger partial charge in [0, 0.05) is 29.1 Å². The Bertz CT molecular complexity index is 515. The Morgan fingerprint density at radius 2 is 1.61 bits per heavy atom. The molecule has 0 spiro atoms. The van der Waals surface area contributed by atoms with Crippen LogP contribution in [0.4, 0.5) is 0 Å². The van der Waals surface area contributed by atoms with Gasteiger partial charge >= 0.3 is 5.97 Å². The van der Waals surface area contributed by atoms with E-state index in [2.05, 4.69) is 20.8 Å². The molecule has 0 aliphatic rings. The molecule has 0 saturated heterocycles. The maximum absolute atomic E-state index is 13.0. The fraction of sp³-hybridized carbons (Fsp3) is 0.556. The lowest BCUT2D eigenvalue weighted by molar-refractivity contribution is -0.137. The second kappa shape index (κ2) is 8.92. The minimum Gasteiger partial charge on any atom is -0.481 e. The molecular formula is C18H26ClNO3. The number of nitrogens with zero attached hydrogens (tertiary/aromatic N) is 1. The van der Waals surface area contributed by atoms with Gasteiger partial charge in [-0.3, -0.25) is 9.59 Å². The number of hydrogen-bond acceptors (Lipinski definition) is 2. The predicted molar refractivity (Wildman–Crippen MR) is 93.0 cm³/mol.